The molecule has 35 heavy (non-hydrogen) atoms. The molecule has 0 amide bonds. The van der Waals surface area contributed by atoms with Gasteiger partial charge in [-0.1, -0.05) is 0 Å². The SMILES string of the molecule is COc1cc(OC)c(F)c(-c2cc3cnc(N[C@H]4CCCOC4)nc3c(NCC(F)(F)F)n2)c1F. The van der Waals surface area contributed by atoms with Gasteiger partial charge >= 0.3 is 6.18 Å². The van der Waals surface area contributed by atoms with Crippen LogP contribution in [-0.2, 0) is 4.74 Å². The molecule has 8 nitrogen and oxygen atoms in total. The minimum atomic E-state index is -4.58. The highest BCUT2D eigenvalue weighted by molar-refractivity contribution is 5.92. The fourth-order valence-electron chi connectivity index (χ4n) is 3.69. The predicted molar refractivity (Wildman–Crippen MR) is 118 cm³/mol. The van der Waals surface area contributed by atoms with Crippen molar-refractivity contribution in [2.75, 3.05) is 44.6 Å². The summed E-state index contributed by atoms with van der Waals surface area (Å²) in [5, 5.41) is 5.48. The van der Waals surface area contributed by atoms with Gasteiger partial charge in [0.1, 0.15) is 12.1 Å². The zero-order chi connectivity index (χ0) is 25.2. The summed E-state index contributed by atoms with van der Waals surface area (Å²) < 4.78 is 84.3. The van der Waals surface area contributed by atoms with Crippen molar-refractivity contribution in [2.24, 2.45) is 0 Å². The minimum absolute atomic E-state index is 0.0444. The number of halogens is 5. The number of pyridine rings is 1. The van der Waals surface area contributed by atoms with Crippen molar-refractivity contribution in [1.82, 2.24) is 15.0 Å². The lowest BCUT2D eigenvalue weighted by Crippen LogP contribution is -2.30. The Morgan fingerprint density at radius 2 is 1.80 bits per heavy atom. The van der Waals surface area contributed by atoms with Gasteiger partial charge in [-0.15, -0.1) is 0 Å². The molecule has 1 aliphatic heterocycles. The monoisotopic (exact) mass is 499 g/mol. The molecular formula is C22H22F5N5O3. The summed E-state index contributed by atoms with van der Waals surface area (Å²) >= 11 is 0. The van der Waals surface area contributed by atoms with Crippen LogP contribution in [-0.4, -0.2) is 61.1 Å². The van der Waals surface area contributed by atoms with E-state index in [0.717, 1.165) is 18.9 Å². The summed E-state index contributed by atoms with van der Waals surface area (Å²) in [5.74, 6) is -2.98. The molecule has 0 radical (unpaired) electrons. The van der Waals surface area contributed by atoms with Crippen molar-refractivity contribution >= 4 is 22.7 Å². The summed E-state index contributed by atoms with van der Waals surface area (Å²) in [4.78, 5) is 12.6. The van der Waals surface area contributed by atoms with Gasteiger partial charge in [0.15, 0.2) is 29.0 Å². The van der Waals surface area contributed by atoms with Crippen LogP contribution in [0, 0.1) is 11.6 Å². The molecule has 13 heteroatoms. The molecule has 3 aromatic rings. The summed E-state index contributed by atoms with van der Waals surface area (Å²) in [7, 11) is 2.37. The Labute approximate surface area is 196 Å². The van der Waals surface area contributed by atoms with E-state index in [4.69, 9.17) is 14.2 Å². The molecule has 1 saturated heterocycles. The molecule has 0 spiro atoms. The van der Waals surface area contributed by atoms with Crippen LogP contribution in [0.2, 0.25) is 0 Å². The Bertz CT molecular complexity index is 1190. The highest BCUT2D eigenvalue weighted by atomic mass is 19.4. The highest BCUT2D eigenvalue weighted by Gasteiger charge is 2.29. The Morgan fingerprint density at radius 1 is 1.09 bits per heavy atom. The number of hydrogen-bond acceptors (Lipinski definition) is 8. The van der Waals surface area contributed by atoms with Gasteiger partial charge in [-0.2, -0.15) is 13.2 Å². The van der Waals surface area contributed by atoms with Crippen LogP contribution in [0.3, 0.4) is 0 Å². The van der Waals surface area contributed by atoms with Crippen LogP contribution in [0.4, 0.5) is 33.7 Å². The van der Waals surface area contributed by atoms with E-state index in [0.29, 0.717) is 13.2 Å². The Morgan fingerprint density at radius 3 is 2.40 bits per heavy atom. The number of anilines is 2. The molecule has 0 bridgehead atoms. The summed E-state index contributed by atoms with van der Waals surface area (Å²) in [6.07, 6.45) is -1.58. The van der Waals surface area contributed by atoms with E-state index in [9.17, 15) is 13.2 Å². The normalized spacial score (nSPS) is 16.3. The number of ether oxygens (including phenoxy) is 3. The van der Waals surface area contributed by atoms with Gasteiger partial charge in [0.2, 0.25) is 5.95 Å². The van der Waals surface area contributed by atoms with Crippen molar-refractivity contribution in [1.29, 1.82) is 0 Å². The van der Waals surface area contributed by atoms with Crippen molar-refractivity contribution in [3.63, 3.8) is 0 Å². The van der Waals surface area contributed by atoms with E-state index in [1.54, 1.807) is 0 Å². The van der Waals surface area contributed by atoms with Crippen LogP contribution in [0.5, 0.6) is 11.5 Å². The maximum atomic E-state index is 15.1. The van der Waals surface area contributed by atoms with Crippen molar-refractivity contribution < 1.29 is 36.2 Å². The predicted octanol–water partition coefficient (Wildman–Crippen LogP) is 4.55. The average molecular weight is 499 g/mol. The van der Waals surface area contributed by atoms with Gasteiger partial charge in [0.05, 0.1) is 38.1 Å². The zero-order valence-electron chi connectivity index (χ0n) is 18.8. The van der Waals surface area contributed by atoms with Crippen LogP contribution >= 0.6 is 0 Å². The molecule has 188 valence electrons. The molecule has 4 rings (SSSR count). The van der Waals surface area contributed by atoms with Crippen LogP contribution in [0.1, 0.15) is 12.8 Å². The third-order valence-electron chi connectivity index (χ3n) is 5.35. The first-order valence-corrected chi connectivity index (χ1v) is 10.6. The molecule has 3 heterocycles. The van der Waals surface area contributed by atoms with Gasteiger partial charge in [-0.25, -0.2) is 23.7 Å². The number of rotatable bonds is 7. The molecule has 1 aliphatic rings. The smallest absolute Gasteiger partial charge is 0.405 e. The van der Waals surface area contributed by atoms with E-state index in [2.05, 4.69) is 25.6 Å². The minimum Gasteiger partial charge on any atom is -0.494 e. The molecule has 2 aromatic heterocycles. The fourth-order valence-corrected chi connectivity index (χ4v) is 3.69. The summed E-state index contributed by atoms with van der Waals surface area (Å²) in [6.45, 7) is -0.348. The number of aromatic nitrogens is 3. The number of methoxy groups -OCH3 is 2. The molecule has 0 saturated carbocycles. The van der Waals surface area contributed by atoms with Gasteiger partial charge in [-0.05, 0) is 18.9 Å². The van der Waals surface area contributed by atoms with E-state index < -0.39 is 29.9 Å². The second kappa shape index (κ2) is 10.0. The lowest BCUT2D eigenvalue weighted by Gasteiger charge is -2.23. The average Bonchev–Trinajstić information content (AvgIpc) is 2.83. The van der Waals surface area contributed by atoms with E-state index in [1.165, 1.54) is 26.5 Å². The highest BCUT2D eigenvalue weighted by Crippen LogP contribution is 2.38. The number of nitrogens with one attached hydrogen (secondary N) is 2. The van der Waals surface area contributed by atoms with Gasteiger partial charge < -0.3 is 24.8 Å². The van der Waals surface area contributed by atoms with Crippen LogP contribution in [0.15, 0.2) is 18.3 Å². The van der Waals surface area contributed by atoms with Crippen LogP contribution in [0.25, 0.3) is 22.2 Å². The third-order valence-corrected chi connectivity index (χ3v) is 5.35. The Balaban J connectivity index is 1.83. The maximum absolute atomic E-state index is 15.1. The van der Waals surface area contributed by atoms with E-state index >= 15 is 8.78 Å². The zero-order valence-corrected chi connectivity index (χ0v) is 18.8. The molecule has 0 unspecified atom stereocenters. The van der Waals surface area contributed by atoms with E-state index in [-0.39, 0.29) is 45.9 Å². The van der Waals surface area contributed by atoms with E-state index in [1.807, 2.05) is 0 Å². The number of alkyl halides is 3. The lowest BCUT2D eigenvalue weighted by molar-refractivity contribution is -0.115. The number of nitrogens with zero attached hydrogens (tertiary/aromatic N) is 3. The molecule has 1 atom stereocenters. The summed E-state index contributed by atoms with van der Waals surface area (Å²) in [6, 6.07) is 2.24. The van der Waals surface area contributed by atoms with Gasteiger partial charge in [0.25, 0.3) is 0 Å². The first-order chi connectivity index (χ1) is 16.7. The third kappa shape index (κ3) is 5.45. The second-order valence-corrected chi connectivity index (χ2v) is 7.80. The molecule has 1 fully saturated rings. The summed E-state index contributed by atoms with van der Waals surface area (Å²) in [5.41, 5.74) is -0.873. The van der Waals surface area contributed by atoms with Crippen molar-refractivity contribution in [2.45, 2.75) is 25.1 Å². The molecule has 2 N–H and O–H groups in total. The largest absolute Gasteiger partial charge is 0.494 e. The van der Waals surface area contributed by atoms with Crippen molar-refractivity contribution in [3.8, 4) is 22.8 Å². The number of benzene rings is 1. The number of fused-ring (bicyclic) bond motifs is 1. The quantitative estimate of drug-likeness (QED) is 0.458. The molecule has 0 aliphatic carbocycles. The van der Waals surface area contributed by atoms with Crippen LogP contribution < -0.4 is 20.1 Å². The molecular weight excluding hydrogens is 477 g/mol. The number of hydrogen-bond donors (Lipinski definition) is 2. The van der Waals surface area contributed by atoms with Gasteiger partial charge in [0, 0.05) is 24.3 Å². The van der Waals surface area contributed by atoms with Gasteiger partial charge in [-0.3, -0.25) is 0 Å². The second-order valence-electron chi connectivity index (χ2n) is 7.80. The van der Waals surface area contributed by atoms with Crippen molar-refractivity contribution in [3.05, 3.63) is 30.0 Å². The molecule has 1 aromatic carbocycles. The Kier molecular flexibility index (Phi) is 7.05. The lowest BCUT2D eigenvalue weighted by atomic mass is 10.1. The fraction of sp³-hybridized carbons (Fsp3) is 0.409. The standard InChI is InChI=1S/C22H22F5N5O3/c1-33-14-7-15(34-2)18(24)16(17(14)23)13-6-11-8-28-21(30-12-4-3-5-35-9-12)32-19(11)20(31-13)29-10-22(25,26)27/h6-8,12H,3-5,9-10H2,1-2H3,(H,29,31)(H,28,30,32)/t12-/m0/s1. The first kappa shape index (κ1) is 24.6. The Hall–Kier alpha value is -3.48. The maximum Gasteiger partial charge on any atom is 0.405 e. The first-order valence-electron chi connectivity index (χ1n) is 10.6. The topological polar surface area (TPSA) is 90.4 Å².